The van der Waals surface area contributed by atoms with Gasteiger partial charge in [-0.1, -0.05) is 24.4 Å². The van der Waals surface area contributed by atoms with Crippen molar-refractivity contribution in [1.29, 1.82) is 0 Å². The summed E-state index contributed by atoms with van der Waals surface area (Å²) in [6, 6.07) is 1.69. The highest BCUT2D eigenvalue weighted by atomic mass is 35.5. The summed E-state index contributed by atoms with van der Waals surface area (Å²) in [5, 5.41) is 3.40. The molecule has 1 aromatic heterocycles. The summed E-state index contributed by atoms with van der Waals surface area (Å²) in [4.78, 5) is 17.7. The molecule has 1 fully saturated rings. The zero-order chi connectivity index (χ0) is 9.97. The molecule has 2 rings (SSSR count). The molecule has 0 saturated heterocycles. The van der Waals surface area contributed by atoms with Crippen LogP contribution in [0.5, 0.6) is 0 Å². The second kappa shape index (κ2) is 4.00. The SMILES string of the molecule is O=c1cc(Cl)nc(NC2CCCC2)[nH]1. The first kappa shape index (κ1) is 9.52. The first-order valence-corrected chi connectivity index (χ1v) is 5.15. The van der Waals surface area contributed by atoms with Gasteiger partial charge < -0.3 is 5.32 Å². The normalized spacial score (nSPS) is 17.2. The van der Waals surface area contributed by atoms with Crippen LogP contribution in [0.4, 0.5) is 5.95 Å². The summed E-state index contributed by atoms with van der Waals surface area (Å²) in [6.45, 7) is 0. The number of H-pyrrole nitrogens is 1. The minimum absolute atomic E-state index is 0.217. The van der Waals surface area contributed by atoms with Crippen LogP contribution in [0.1, 0.15) is 25.7 Å². The fourth-order valence-corrected chi connectivity index (χ4v) is 1.94. The third-order valence-electron chi connectivity index (χ3n) is 2.41. The standard InChI is InChI=1S/C9H12ClN3O/c10-7-5-8(14)13-9(12-7)11-6-3-1-2-4-6/h5-6H,1-4H2,(H2,11,12,13,14). The number of nitrogens with one attached hydrogen (secondary N) is 2. The number of nitrogens with zero attached hydrogens (tertiary/aromatic N) is 1. The van der Waals surface area contributed by atoms with Gasteiger partial charge in [-0.3, -0.25) is 9.78 Å². The van der Waals surface area contributed by atoms with E-state index in [1.54, 1.807) is 0 Å². The van der Waals surface area contributed by atoms with E-state index in [2.05, 4.69) is 15.3 Å². The van der Waals surface area contributed by atoms with Gasteiger partial charge in [-0.25, -0.2) is 4.98 Å². The maximum Gasteiger partial charge on any atom is 0.253 e. The molecule has 0 radical (unpaired) electrons. The molecule has 0 bridgehead atoms. The molecule has 5 heteroatoms. The Hall–Kier alpha value is -1.03. The number of rotatable bonds is 2. The predicted octanol–water partition coefficient (Wildman–Crippen LogP) is 1.78. The minimum Gasteiger partial charge on any atom is -0.353 e. The molecule has 0 amide bonds. The molecule has 2 N–H and O–H groups in total. The second-order valence-corrected chi connectivity index (χ2v) is 3.93. The Morgan fingerprint density at radius 2 is 2.21 bits per heavy atom. The fraction of sp³-hybridized carbons (Fsp3) is 0.556. The van der Waals surface area contributed by atoms with Crippen LogP contribution in [-0.4, -0.2) is 16.0 Å². The molecule has 0 unspecified atom stereocenters. The van der Waals surface area contributed by atoms with Crippen molar-refractivity contribution in [2.24, 2.45) is 0 Å². The van der Waals surface area contributed by atoms with E-state index < -0.39 is 0 Å². The summed E-state index contributed by atoms with van der Waals surface area (Å²) in [7, 11) is 0. The highest BCUT2D eigenvalue weighted by Gasteiger charge is 2.15. The van der Waals surface area contributed by atoms with Crippen LogP contribution in [0.2, 0.25) is 5.15 Å². The molecule has 14 heavy (non-hydrogen) atoms. The lowest BCUT2D eigenvalue weighted by Crippen LogP contribution is -2.19. The molecule has 4 nitrogen and oxygen atoms in total. The van der Waals surface area contributed by atoms with Gasteiger partial charge in [0.05, 0.1) is 0 Å². The Morgan fingerprint density at radius 3 is 2.86 bits per heavy atom. The van der Waals surface area contributed by atoms with Gasteiger partial charge in [0.25, 0.3) is 5.56 Å². The van der Waals surface area contributed by atoms with Crippen molar-refractivity contribution < 1.29 is 0 Å². The van der Waals surface area contributed by atoms with Crippen molar-refractivity contribution in [3.05, 3.63) is 21.6 Å². The van der Waals surface area contributed by atoms with E-state index >= 15 is 0 Å². The Bertz CT molecular complexity index is 371. The molecule has 1 heterocycles. The van der Waals surface area contributed by atoms with Crippen LogP contribution in [0.3, 0.4) is 0 Å². The lowest BCUT2D eigenvalue weighted by atomic mass is 10.3. The Balaban J connectivity index is 2.11. The second-order valence-electron chi connectivity index (χ2n) is 3.54. The number of anilines is 1. The van der Waals surface area contributed by atoms with E-state index in [-0.39, 0.29) is 10.7 Å². The average Bonchev–Trinajstić information content (AvgIpc) is 2.54. The molecule has 1 aromatic rings. The van der Waals surface area contributed by atoms with Crippen molar-refractivity contribution in [2.45, 2.75) is 31.7 Å². The zero-order valence-corrected chi connectivity index (χ0v) is 8.47. The monoisotopic (exact) mass is 213 g/mol. The third-order valence-corrected chi connectivity index (χ3v) is 2.60. The maximum atomic E-state index is 11.1. The van der Waals surface area contributed by atoms with Crippen LogP contribution < -0.4 is 10.9 Å². The highest BCUT2D eigenvalue weighted by Crippen LogP contribution is 2.20. The van der Waals surface area contributed by atoms with Crippen molar-refractivity contribution in [3.8, 4) is 0 Å². The van der Waals surface area contributed by atoms with Gasteiger partial charge in [0.15, 0.2) is 0 Å². The van der Waals surface area contributed by atoms with Crippen molar-refractivity contribution in [1.82, 2.24) is 9.97 Å². The third kappa shape index (κ3) is 2.26. The molecule has 1 aliphatic carbocycles. The van der Waals surface area contributed by atoms with Gasteiger partial charge in [0, 0.05) is 12.1 Å². The molecule has 0 spiro atoms. The van der Waals surface area contributed by atoms with Crippen LogP contribution in [0, 0.1) is 0 Å². The minimum atomic E-state index is -0.217. The molecular weight excluding hydrogens is 202 g/mol. The quantitative estimate of drug-likeness (QED) is 0.737. The molecular formula is C9H12ClN3O. The van der Waals surface area contributed by atoms with Gasteiger partial charge in [-0.15, -0.1) is 0 Å². The van der Waals surface area contributed by atoms with Crippen LogP contribution in [-0.2, 0) is 0 Å². The first-order valence-electron chi connectivity index (χ1n) is 4.77. The maximum absolute atomic E-state index is 11.1. The largest absolute Gasteiger partial charge is 0.353 e. The van der Waals surface area contributed by atoms with Gasteiger partial charge in [0.1, 0.15) is 5.15 Å². The summed E-state index contributed by atoms with van der Waals surface area (Å²) in [6.07, 6.45) is 4.75. The number of hydrogen-bond donors (Lipinski definition) is 2. The lowest BCUT2D eigenvalue weighted by Gasteiger charge is -2.11. The summed E-state index contributed by atoms with van der Waals surface area (Å²) < 4.78 is 0. The van der Waals surface area contributed by atoms with E-state index in [1.807, 2.05) is 0 Å². The fourth-order valence-electron chi connectivity index (χ4n) is 1.76. The van der Waals surface area contributed by atoms with E-state index in [0.29, 0.717) is 12.0 Å². The zero-order valence-electron chi connectivity index (χ0n) is 7.72. The Kier molecular flexibility index (Phi) is 2.72. The molecule has 1 saturated carbocycles. The predicted molar refractivity (Wildman–Crippen MR) is 55.7 cm³/mol. The molecule has 76 valence electrons. The lowest BCUT2D eigenvalue weighted by molar-refractivity contribution is 0.743. The van der Waals surface area contributed by atoms with E-state index in [1.165, 1.54) is 18.9 Å². The summed E-state index contributed by atoms with van der Waals surface area (Å²) in [5.74, 6) is 0.481. The average molecular weight is 214 g/mol. The number of hydrogen-bond acceptors (Lipinski definition) is 3. The number of aromatic amines is 1. The molecule has 0 aromatic carbocycles. The van der Waals surface area contributed by atoms with Gasteiger partial charge in [0.2, 0.25) is 5.95 Å². The van der Waals surface area contributed by atoms with Crippen LogP contribution in [0.15, 0.2) is 10.9 Å². The van der Waals surface area contributed by atoms with Crippen molar-refractivity contribution >= 4 is 17.5 Å². The van der Waals surface area contributed by atoms with Crippen LogP contribution in [0.25, 0.3) is 0 Å². The highest BCUT2D eigenvalue weighted by molar-refractivity contribution is 6.29. The first-order chi connectivity index (χ1) is 6.74. The molecule has 0 atom stereocenters. The van der Waals surface area contributed by atoms with Gasteiger partial charge in [-0.05, 0) is 12.8 Å². The van der Waals surface area contributed by atoms with E-state index in [9.17, 15) is 4.79 Å². The van der Waals surface area contributed by atoms with Crippen LogP contribution >= 0.6 is 11.6 Å². The van der Waals surface area contributed by atoms with E-state index in [4.69, 9.17) is 11.6 Å². The molecule has 1 aliphatic rings. The summed E-state index contributed by atoms with van der Waals surface area (Å²) >= 11 is 5.66. The van der Waals surface area contributed by atoms with Crippen molar-refractivity contribution in [2.75, 3.05) is 5.32 Å². The number of aromatic nitrogens is 2. The van der Waals surface area contributed by atoms with E-state index in [0.717, 1.165) is 12.8 Å². The smallest absolute Gasteiger partial charge is 0.253 e. The Labute approximate surface area is 86.7 Å². The Morgan fingerprint density at radius 1 is 1.50 bits per heavy atom. The topological polar surface area (TPSA) is 57.8 Å². The number of halogens is 1. The van der Waals surface area contributed by atoms with Gasteiger partial charge in [-0.2, -0.15) is 0 Å². The van der Waals surface area contributed by atoms with Gasteiger partial charge >= 0.3 is 0 Å². The molecule has 0 aliphatic heterocycles. The summed E-state index contributed by atoms with van der Waals surface area (Å²) in [5.41, 5.74) is -0.217. The van der Waals surface area contributed by atoms with Crippen molar-refractivity contribution in [3.63, 3.8) is 0 Å².